The SMILES string of the molecule is Cl.Cl.Cl.[2H]C([2H])(CC([2H])([2H])NC(C)=O)NCCCCNCCCN. The van der Waals surface area contributed by atoms with Crippen LogP contribution in [0.4, 0.5) is 0 Å². The van der Waals surface area contributed by atoms with E-state index in [9.17, 15) is 4.79 Å². The number of unbranched alkanes of at least 4 members (excludes halogenated alkanes) is 1. The predicted molar refractivity (Wildman–Crippen MR) is 93.7 cm³/mol. The molecule has 0 atom stereocenters. The van der Waals surface area contributed by atoms with E-state index in [1.165, 1.54) is 6.92 Å². The maximum absolute atomic E-state index is 10.8. The summed E-state index contributed by atoms with van der Waals surface area (Å²) in [4.78, 5) is 10.8. The first-order chi connectivity index (χ1) is 9.68. The molecule has 0 unspecified atom stereocenters. The normalized spacial score (nSPS) is 13.3. The molecule has 0 aliphatic carbocycles. The molecule has 0 radical (unpaired) electrons. The van der Waals surface area contributed by atoms with Crippen LogP contribution < -0.4 is 21.7 Å². The zero-order valence-electron chi connectivity index (χ0n) is 15.9. The first-order valence-electron chi connectivity index (χ1n) is 8.13. The lowest BCUT2D eigenvalue weighted by molar-refractivity contribution is -0.118. The average molecular weight is 358 g/mol. The summed E-state index contributed by atoms with van der Waals surface area (Å²) >= 11 is 0. The number of hydrogen-bond acceptors (Lipinski definition) is 4. The maximum atomic E-state index is 10.8. The molecule has 20 heavy (non-hydrogen) atoms. The fourth-order valence-corrected chi connectivity index (χ4v) is 1.18. The number of nitrogens with two attached hydrogens (primary N) is 1. The Morgan fingerprint density at radius 3 is 2.05 bits per heavy atom. The van der Waals surface area contributed by atoms with Gasteiger partial charge in [-0.3, -0.25) is 4.79 Å². The molecule has 0 saturated heterocycles. The van der Waals surface area contributed by atoms with E-state index in [0.717, 1.165) is 32.4 Å². The molecule has 1 amide bonds. The third kappa shape index (κ3) is 26.7. The Balaban J connectivity index is -0.000000667. The van der Waals surface area contributed by atoms with Gasteiger partial charge >= 0.3 is 0 Å². The van der Waals surface area contributed by atoms with Gasteiger partial charge in [0.25, 0.3) is 0 Å². The Bertz CT molecular complexity index is 316. The Morgan fingerprint density at radius 1 is 0.950 bits per heavy atom. The van der Waals surface area contributed by atoms with Crippen LogP contribution >= 0.6 is 37.2 Å². The minimum atomic E-state index is -2.06. The number of carbonyl (C=O) groups is 1. The summed E-state index contributed by atoms with van der Waals surface area (Å²) in [5, 5.41) is 8.02. The molecule has 0 rings (SSSR count). The average Bonchev–Trinajstić information content (AvgIpc) is 2.29. The lowest BCUT2D eigenvalue weighted by Gasteiger charge is -2.06. The van der Waals surface area contributed by atoms with Crippen molar-refractivity contribution in [3.05, 3.63) is 0 Å². The van der Waals surface area contributed by atoms with Gasteiger partial charge < -0.3 is 21.7 Å². The molecule has 0 heterocycles. The number of nitrogens with one attached hydrogen (secondary N) is 3. The lowest BCUT2D eigenvalue weighted by Crippen LogP contribution is -2.26. The van der Waals surface area contributed by atoms with Crippen molar-refractivity contribution in [2.24, 2.45) is 5.73 Å². The zero-order chi connectivity index (χ0) is 16.4. The van der Waals surface area contributed by atoms with Crippen LogP contribution in [0.25, 0.3) is 0 Å². The van der Waals surface area contributed by atoms with Gasteiger partial charge in [0.2, 0.25) is 5.91 Å². The Labute approximate surface area is 147 Å². The van der Waals surface area contributed by atoms with Crippen molar-refractivity contribution >= 4 is 43.1 Å². The van der Waals surface area contributed by atoms with Crippen LogP contribution in [0, 0.1) is 0 Å². The smallest absolute Gasteiger partial charge is 0.216 e. The van der Waals surface area contributed by atoms with Gasteiger partial charge in [-0.2, -0.15) is 0 Å². The Kier molecular flexibility index (Phi) is 22.2. The third-order valence-electron chi connectivity index (χ3n) is 2.03. The van der Waals surface area contributed by atoms with Gasteiger partial charge in [-0.25, -0.2) is 0 Å². The van der Waals surface area contributed by atoms with E-state index in [4.69, 9.17) is 11.2 Å². The van der Waals surface area contributed by atoms with E-state index >= 15 is 0 Å². The van der Waals surface area contributed by atoms with Crippen LogP contribution in [0.5, 0.6) is 0 Å². The molecule has 5 N–H and O–H groups in total. The minimum Gasteiger partial charge on any atom is -0.356 e. The van der Waals surface area contributed by atoms with Crippen LogP contribution in [-0.2, 0) is 4.79 Å². The number of rotatable bonds is 12. The molecule has 5 nitrogen and oxygen atoms in total. The largest absolute Gasteiger partial charge is 0.356 e. The maximum Gasteiger partial charge on any atom is 0.216 e. The molecule has 0 aromatic heterocycles. The third-order valence-corrected chi connectivity index (χ3v) is 2.03. The fourth-order valence-electron chi connectivity index (χ4n) is 1.18. The van der Waals surface area contributed by atoms with Gasteiger partial charge in [0.1, 0.15) is 0 Å². The summed E-state index contributed by atoms with van der Waals surface area (Å²) in [6.45, 7) is 0.162. The Hall–Kier alpha value is 0.220. The van der Waals surface area contributed by atoms with Crippen LogP contribution in [0.15, 0.2) is 0 Å². The molecule has 126 valence electrons. The first-order valence-corrected chi connectivity index (χ1v) is 6.13. The second-order valence-corrected chi connectivity index (χ2v) is 3.74. The van der Waals surface area contributed by atoms with Gasteiger partial charge in [0, 0.05) is 18.9 Å². The quantitative estimate of drug-likeness (QED) is 0.394. The fraction of sp³-hybridized carbons (Fsp3) is 0.917. The molecule has 0 aliphatic heterocycles. The zero-order valence-corrected chi connectivity index (χ0v) is 14.3. The second-order valence-electron chi connectivity index (χ2n) is 3.74. The molecule has 8 heteroatoms. The number of amides is 1. The van der Waals surface area contributed by atoms with E-state index in [1.54, 1.807) is 0 Å². The van der Waals surface area contributed by atoms with Crippen molar-refractivity contribution in [2.45, 2.75) is 32.6 Å². The highest BCUT2D eigenvalue weighted by molar-refractivity contribution is 5.86. The molecule has 0 aromatic rings. The van der Waals surface area contributed by atoms with Crippen molar-refractivity contribution in [2.75, 3.05) is 39.2 Å². The summed E-state index contributed by atoms with van der Waals surface area (Å²) in [7, 11) is 0. The van der Waals surface area contributed by atoms with Crippen LogP contribution in [0.1, 0.15) is 38.1 Å². The summed E-state index contributed by atoms with van der Waals surface area (Å²) in [6.07, 6.45) is 2.21. The molecule has 0 fully saturated rings. The standard InChI is InChI=1S/C12H28N4O.3ClH/c1-12(17)16-11-5-10-15-8-3-2-7-14-9-4-6-13;;;/h14-15H,2-11,13H2,1H3,(H,16,17);3*1H/i10D2,11D2;;;. The molecular formula is C12H31Cl3N4O. The minimum absolute atomic E-state index is 0. The Morgan fingerprint density at radius 2 is 1.50 bits per heavy atom. The number of carbonyl (C=O) groups excluding carboxylic acids is 1. The van der Waals surface area contributed by atoms with Crippen molar-refractivity contribution in [1.82, 2.24) is 16.0 Å². The number of halogens is 3. The van der Waals surface area contributed by atoms with Crippen molar-refractivity contribution < 1.29 is 10.3 Å². The van der Waals surface area contributed by atoms with E-state index in [1.807, 2.05) is 0 Å². The lowest BCUT2D eigenvalue weighted by atomic mass is 10.3. The van der Waals surface area contributed by atoms with Crippen LogP contribution in [-0.4, -0.2) is 45.1 Å². The predicted octanol–water partition coefficient (Wildman–Crippen LogP) is 1.09. The van der Waals surface area contributed by atoms with Crippen molar-refractivity contribution in [3.63, 3.8) is 0 Å². The topological polar surface area (TPSA) is 79.2 Å². The molecular weight excluding hydrogens is 323 g/mol. The van der Waals surface area contributed by atoms with Crippen molar-refractivity contribution in [3.8, 4) is 0 Å². The van der Waals surface area contributed by atoms with Gasteiger partial charge in [-0.15, -0.1) is 37.2 Å². The van der Waals surface area contributed by atoms with E-state index in [-0.39, 0.29) is 37.2 Å². The summed E-state index contributed by atoms with van der Waals surface area (Å²) < 4.78 is 30.6. The monoisotopic (exact) mass is 356 g/mol. The van der Waals surface area contributed by atoms with E-state index < -0.39 is 25.3 Å². The van der Waals surface area contributed by atoms with Crippen LogP contribution in [0.3, 0.4) is 0 Å². The summed E-state index contributed by atoms with van der Waals surface area (Å²) in [5.74, 6) is -0.514. The highest BCUT2D eigenvalue weighted by atomic mass is 35.5. The first kappa shape index (κ1) is 18.3. The highest BCUT2D eigenvalue weighted by Gasteiger charge is 1.92. The molecule has 0 bridgehead atoms. The molecule has 0 aliphatic rings. The van der Waals surface area contributed by atoms with Gasteiger partial charge in [-0.1, -0.05) is 0 Å². The molecule has 0 saturated carbocycles. The van der Waals surface area contributed by atoms with E-state index in [2.05, 4.69) is 16.0 Å². The van der Waals surface area contributed by atoms with E-state index in [0.29, 0.717) is 13.1 Å². The highest BCUT2D eigenvalue weighted by Crippen LogP contribution is 1.85. The van der Waals surface area contributed by atoms with Crippen LogP contribution in [0.2, 0.25) is 0 Å². The number of hydrogen-bond donors (Lipinski definition) is 4. The van der Waals surface area contributed by atoms with Gasteiger partial charge in [0.05, 0.1) is 0 Å². The molecule has 0 spiro atoms. The second kappa shape index (κ2) is 24.3. The molecule has 0 aromatic carbocycles. The summed E-state index contributed by atoms with van der Waals surface area (Å²) in [6, 6.07) is 0. The van der Waals surface area contributed by atoms with Gasteiger partial charge in [0.15, 0.2) is 0 Å². The van der Waals surface area contributed by atoms with Gasteiger partial charge in [-0.05, 0) is 58.4 Å². The summed E-state index contributed by atoms with van der Waals surface area (Å²) in [5.41, 5.74) is 5.37. The van der Waals surface area contributed by atoms with Crippen molar-refractivity contribution in [1.29, 1.82) is 0 Å².